The number of amides is 1. The molecule has 156 valence electrons. The van der Waals surface area contributed by atoms with Crippen LogP contribution in [0.3, 0.4) is 0 Å². The number of nitrogens with one attached hydrogen (secondary N) is 2. The van der Waals surface area contributed by atoms with Crippen LogP contribution in [-0.4, -0.2) is 61.7 Å². The summed E-state index contributed by atoms with van der Waals surface area (Å²) in [6, 6.07) is 12.0. The molecule has 0 bridgehead atoms. The first-order valence-corrected chi connectivity index (χ1v) is 9.44. The lowest BCUT2D eigenvalue weighted by Gasteiger charge is -2.22. The lowest BCUT2D eigenvalue weighted by molar-refractivity contribution is 0.0955. The van der Waals surface area contributed by atoms with Crippen molar-refractivity contribution in [3.8, 4) is 11.5 Å². The summed E-state index contributed by atoms with van der Waals surface area (Å²) in [6.07, 6.45) is 0. The van der Waals surface area contributed by atoms with Gasteiger partial charge in [-0.3, -0.25) is 9.79 Å². The Morgan fingerprint density at radius 1 is 1.14 bits per heavy atom. The number of nitrogens with zero attached hydrogens (tertiary/aromatic N) is 2. The molecule has 0 aromatic heterocycles. The van der Waals surface area contributed by atoms with E-state index in [0.717, 1.165) is 0 Å². The van der Waals surface area contributed by atoms with Crippen molar-refractivity contribution in [3.05, 3.63) is 59.9 Å². The second-order valence-corrected chi connectivity index (χ2v) is 6.26. The van der Waals surface area contributed by atoms with Gasteiger partial charge in [-0.25, -0.2) is 4.39 Å². The third-order valence-electron chi connectivity index (χ3n) is 3.99. The number of carbonyl (C=O) groups is 1. The Labute approximate surface area is 170 Å². The van der Waals surface area contributed by atoms with Crippen molar-refractivity contribution in [2.45, 2.75) is 6.92 Å². The number of phenols is 1. The number of phenolic OH excluding ortho intramolecular Hbond substituents is 1. The standard InChI is InChI=1S/C21H27FN4O3/c1-3-23-21(26(2)14-15-29-19-10-6-17(22)7-11-19)25-13-12-24-20(28)16-4-8-18(27)9-5-16/h4-11,27H,3,12-15H2,1-2H3,(H,23,25)(H,24,28). The van der Waals surface area contributed by atoms with Gasteiger partial charge in [-0.15, -0.1) is 0 Å². The molecule has 0 fully saturated rings. The molecule has 2 aromatic rings. The SMILES string of the molecule is CCNC(=NCCNC(=O)c1ccc(O)cc1)N(C)CCOc1ccc(F)cc1. The minimum atomic E-state index is -0.298. The van der Waals surface area contributed by atoms with E-state index in [-0.39, 0.29) is 17.5 Å². The molecule has 0 saturated carbocycles. The van der Waals surface area contributed by atoms with Gasteiger partial charge < -0.3 is 25.4 Å². The smallest absolute Gasteiger partial charge is 0.251 e. The van der Waals surface area contributed by atoms with Crippen LogP contribution in [0.1, 0.15) is 17.3 Å². The summed E-state index contributed by atoms with van der Waals surface area (Å²) in [5.74, 6) is 0.917. The molecule has 0 aliphatic heterocycles. The normalized spacial score (nSPS) is 11.1. The van der Waals surface area contributed by atoms with E-state index in [1.807, 2.05) is 18.9 Å². The average molecular weight is 402 g/mol. The molecular formula is C21H27FN4O3. The fourth-order valence-corrected chi connectivity index (χ4v) is 2.45. The van der Waals surface area contributed by atoms with Gasteiger partial charge in [-0.05, 0) is 55.5 Å². The fourth-order valence-electron chi connectivity index (χ4n) is 2.45. The summed E-state index contributed by atoms with van der Waals surface area (Å²) in [7, 11) is 1.89. The molecule has 3 N–H and O–H groups in total. The molecule has 0 saturated heterocycles. The number of likely N-dealkylation sites (N-methyl/N-ethyl adjacent to an activating group) is 1. The number of rotatable bonds is 9. The quantitative estimate of drug-likeness (QED) is 0.340. The van der Waals surface area contributed by atoms with E-state index in [1.165, 1.54) is 24.3 Å². The van der Waals surface area contributed by atoms with Gasteiger partial charge >= 0.3 is 0 Å². The number of hydrogen-bond acceptors (Lipinski definition) is 4. The van der Waals surface area contributed by atoms with E-state index in [2.05, 4.69) is 15.6 Å². The fraction of sp³-hybridized carbons (Fsp3) is 0.333. The van der Waals surface area contributed by atoms with Crippen LogP contribution in [0.15, 0.2) is 53.5 Å². The van der Waals surface area contributed by atoms with Gasteiger partial charge in [0.1, 0.15) is 23.9 Å². The van der Waals surface area contributed by atoms with E-state index < -0.39 is 0 Å². The second-order valence-electron chi connectivity index (χ2n) is 6.26. The largest absolute Gasteiger partial charge is 0.508 e. The summed E-state index contributed by atoms with van der Waals surface area (Å²) in [5, 5.41) is 15.3. The van der Waals surface area contributed by atoms with Gasteiger partial charge in [-0.1, -0.05) is 0 Å². The van der Waals surface area contributed by atoms with E-state index in [4.69, 9.17) is 4.74 Å². The van der Waals surface area contributed by atoms with E-state index in [0.29, 0.717) is 50.1 Å². The topological polar surface area (TPSA) is 86.2 Å². The van der Waals surface area contributed by atoms with Crippen molar-refractivity contribution in [2.24, 2.45) is 4.99 Å². The van der Waals surface area contributed by atoms with E-state index in [9.17, 15) is 14.3 Å². The average Bonchev–Trinajstić information content (AvgIpc) is 2.72. The minimum absolute atomic E-state index is 0.118. The first-order chi connectivity index (χ1) is 14.0. The summed E-state index contributed by atoms with van der Waals surface area (Å²) < 4.78 is 18.5. The van der Waals surface area contributed by atoms with Crippen LogP contribution in [0, 0.1) is 5.82 Å². The molecule has 2 rings (SSSR count). The van der Waals surface area contributed by atoms with Crippen LogP contribution >= 0.6 is 0 Å². The molecule has 0 spiro atoms. The van der Waals surface area contributed by atoms with Crippen LogP contribution in [0.25, 0.3) is 0 Å². The molecule has 0 atom stereocenters. The van der Waals surface area contributed by atoms with Crippen LogP contribution in [-0.2, 0) is 0 Å². The van der Waals surface area contributed by atoms with Crippen LogP contribution in [0.5, 0.6) is 11.5 Å². The molecule has 2 aromatic carbocycles. The van der Waals surface area contributed by atoms with Crippen molar-refractivity contribution in [1.29, 1.82) is 0 Å². The summed E-state index contributed by atoms with van der Waals surface area (Å²) in [6.45, 7) is 4.49. The van der Waals surface area contributed by atoms with Gasteiger partial charge in [-0.2, -0.15) is 0 Å². The van der Waals surface area contributed by atoms with E-state index >= 15 is 0 Å². The Morgan fingerprint density at radius 2 is 1.83 bits per heavy atom. The zero-order chi connectivity index (χ0) is 21.1. The molecule has 0 aliphatic carbocycles. The van der Waals surface area contributed by atoms with Crippen molar-refractivity contribution in [3.63, 3.8) is 0 Å². The third kappa shape index (κ3) is 7.69. The minimum Gasteiger partial charge on any atom is -0.508 e. The number of aliphatic imine (C=N–C) groups is 1. The number of halogens is 1. The monoisotopic (exact) mass is 402 g/mol. The first-order valence-electron chi connectivity index (χ1n) is 9.44. The lowest BCUT2D eigenvalue weighted by atomic mass is 10.2. The molecular weight excluding hydrogens is 375 g/mol. The van der Waals surface area contributed by atoms with Crippen molar-refractivity contribution < 1.29 is 19.0 Å². The highest BCUT2D eigenvalue weighted by atomic mass is 19.1. The number of ether oxygens (including phenoxy) is 1. The lowest BCUT2D eigenvalue weighted by Crippen LogP contribution is -2.41. The van der Waals surface area contributed by atoms with Gasteiger partial charge in [0.15, 0.2) is 5.96 Å². The van der Waals surface area contributed by atoms with Gasteiger partial charge in [0.2, 0.25) is 0 Å². The van der Waals surface area contributed by atoms with E-state index in [1.54, 1.807) is 24.3 Å². The van der Waals surface area contributed by atoms with Crippen molar-refractivity contribution in [2.75, 3.05) is 39.8 Å². The number of aromatic hydroxyl groups is 1. The van der Waals surface area contributed by atoms with Gasteiger partial charge in [0, 0.05) is 25.7 Å². The Bertz CT molecular complexity index is 795. The van der Waals surface area contributed by atoms with Crippen molar-refractivity contribution in [1.82, 2.24) is 15.5 Å². The highest BCUT2D eigenvalue weighted by Crippen LogP contribution is 2.11. The third-order valence-corrected chi connectivity index (χ3v) is 3.99. The Hall–Kier alpha value is -3.29. The predicted octanol–water partition coefficient (Wildman–Crippen LogP) is 2.24. The predicted molar refractivity (Wildman–Crippen MR) is 111 cm³/mol. The summed E-state index contributed by atoms with van der Waals surface area (Å²) >= 11 is 0. The maximum absolute atomic E-state index is 12.9. The van der Waals surface area contributed by atoms with Crippen molar-refractivity contribution >= 4 is 11.9 Å². The molecule has 8 heteroatoms. The highest BCUT2D eigenvalue weighted by Gasteiger charge is 2.07. The number of hydrogen-bond donors (Lipinski definition) is 3. The Balaban J connectivity index is 1.77. The molecule has 0 radical (unpaired) electrons. The maximum Gasteiger partial charge on any atom is 0.251 e. The number of guanidine groups is 1. The number of carbonyl (C=O) groups excluding carboxylic acids is 1. The zero-order valence-corrected chi connectivity index (χ0v) is 16.7. The molecule has 0 aliphatic rings. The van der Waals surface area contributed by atoms with Crippen LogP contribution < -0.4 is 15.4 Å². The summed E-state index contributed by atoms with van der Waals surface area (Å²) in [4.78, 5) is 18.5. The van der Waals surface area contributed by atoms with Gasteiger partial charge in [0.05, 0.1) is 13.1 Å². The Kier molecular flexibility index (Phi) is 8.75. The molecule has 7 nitrogen and oxygen atoms in total. The number of benzene rings is 2. The zero-order valence-electron chi connectivity index (χ0n) is 16.7. The molecule has 0 unspecified atom stereocenters. The first kappa shape index (κ1) is 22.0. The Morgan fingerprint density at radius 3 is 2.48 bits per heavy atom. The molecule has 0 heterocycles. The van der Waals surface area contributed by atoms with Crippen LogP contribution in [0.4, 0.5) is 4.39 Å². The highest BCUT2D eigenvalue weighted by molar-refractivity contribution is 5.94. The maximum atomic E-state index is 12.9. The molecule has 1 amide bonds. The van der Waals surface area contributed by atoms with Gasteiger partial charge in [0.25, 0.3) is 5.91 Å². The van der Waals surface area contributed by atoms with Crippen LogP contribution in [0.2, 0.25) is 0 Å². The second kappa shape index (κ2) is 11.5. The molecule has 29 heavy (non-hydrogen) atoms. The summed E-state index contributed by atoms with van der Waals surface area (Å²) in [5.41, 5.74) is 0.480.